The first-order chi connectivity index (χ1) is 23.6. The molecule has 10 nitrogen and oxygen atoms in total. The van der Waals surface area contributed by atoms with Gasteiger partial charge in [0, 0.05) is 13.5 Å². The minimum Gasteiger partial charge on any atom is -0.454 e. The van der Waals surface area contributed by atoms with Gasteiger partial charge in [-0.25, -0.2) is 4.79 Å². The smallest absolute Gasteiger partial charge is 0.407 e. The van der Waals surface area contributed by atoms with Gasteiger partial charge < -0.3 is 38.2 Å². The Bertz CT molecular complexity index is 1260. The molecule has 1 saturated heterocycles. The molecule has 0 aromatic heterocycles. The Morgan fingerprint density at radius 1 is 0.780 bits per heavy atom. The maximum Gasteiger partial charge on any atom is 0.407 e. The number of alkyl carbamates (subject to hydrolysis) is 1. The lowest BCUT2D eigenvalue weighted by Crippen LogP contribution is -2.63. The fourth-order valence-corrected chi connectivity index (χ4v) is 12.3. The SMILES string of the molecule is CC(=O)O[C@@H]1[C@@H](OCCCNC(=O)OC(C)(C)C)O[C@H](CO[Si](C(C)C)(C(C)C)C(C)C)[C@@H](OCc2ccccc2)[C@@H]1OCc1ccccc1. The molecule has 1 N–H and O–H groups in total. The van der Waals surface area contributed by atoms with Crippen LogP contribution in [0.5, 0.6) is 0 Å². The lowest BCUT2D eigenvalue weighted by Gasteiger charge is -2.48. The number of carbonyl (C=O) groups is 2. The Morgan fingerprint density at radius 3 is 1.78 bits per heavy atom. The van der Waals surface area contributed by atoms with Crippen LogP contribution in [-0.4, -0.2) is 76.4 Å². The molecule has 5 atom stereocenters. The van der Waals surface area contributed by atoms with E-state index in [1.54, 1.807) is 0 Å². The Hall–Kier alpha value is -2.80. The van der Waals surface area contributed by atoms with Gasteiger partial charge in [0.2, 0.25) is 0 Å². The summed E-state index contributed by atoms with van der Waals surface area (Å²) in [5.41, 5.74) is 2.44. The molecule has 1 fully saturated rings. The van der Waals surface area contributed by atoms with E-state index in [2.05, 4.69) is 46.9 Å². The van der Waals surface area contributed by atoms with Crippen LogP contribution in [0.3, 0.4) is 0 Å². The molecule has 1 heterocycles. The average Bonchev–Trinajstić information content (AvgIpc) is 3.03. The van der Waals surface area contributed by atoms with Crippen LogP contribution in [0, 0.1) is 0 Å². The van der Waals surface area contributed by atoms with Crippen LogP contribution in [-0.2, 0) is 50.9 Å². The second-order valence-corrected chi connectivity index (χ2v) is 20.4. The van der Waals surface area contributed by atoms with Crippen molar-refractivity contribution >= 4 is 20.4 Å². The van der Waals surface area contributed by atoms with Gasteiger partial charge in [-0.1, -0.05) is 102 Å². The van der Waals surface area contributed by atoms with Gasteiger partial charge in [-0.2, -0.15) is 0 Å². The van der Waals surface area contributed by atoms with Gasteiger partial charge in [-0.15, -0.1) is 0 Å². The molecular formula is C39H61NO9Si. The second kappa shape index (κ2) is 19.7. The van der Waals surface area contributed by atoms with Crippen molar-refractivity contribution in [2.45, 2.75) is 142 Å². The first-order valence-electron chi connectivity index (χ1n) is 18.0. The fourth-order valence-electron chi connectivity index (χ4n) is 6.89. The molecule has 2 aromatic carbocycles. The van der Waals surface area contributed by atoms with Crippen LogP contribution >= 0.6 is 0 Å². The van der Waals surface area contributed by atoms with Crippen LogP contribution in [0.15, 0.2) is 60.7 Å². The van der Waals surface area contributed by atoms with E-state index in [-0.39, 0.29) is 19.8 Å². The average molecular weight is 716 g/mol. The molecule has 1 aliphatic heterocycles. The van der Waals surface area contributed by atoms with Crippen LogP contribution in [0.25, 0.3) is 0 Å². The van der Waals surface area contributed by atoms with Crippen LogP contribution < -0.4 is 5.32 Å². The van der Waals surface area contributed by atoms with Gasteiger partial charge in [0.25, 0.3) is 0 Å². The van der Waals surface area contributed by atoms with Crippen molar-refractivity contribution in [1.82, 2.24) is 5.32 Å². The Morgan fingerprint density at radius 2 is 1.30 bits per heavy atom. The predicted molar refractivity (Wildman–Crippen MR) is 196 cm³/mol. The van der Waals surface area contributed by atoms with Crippen molar-refractivity contribution in [3.63, 3.8) is 0 Å². The van der Waals surface area contributed by atoms with E-state index in [4.69, 9.17) is 32.8 Å². The number of ether oxygens (including phenoxy) is 6. The summed E-state index contributed by atoms with van der Waals surface area (Å²) in [7, 11) is -2.31. The molecule has 0 radical (unpaired) electrons. The highest BCUT2D eigenvalue weighted by atomic mass is 28.4. The van der Waals surface area contributed by atoms with Gasteiger partial charge in [0.15, 0.2) is 20.7 Å². The molecule has 0 aliphatic carbocycles. The Labute approximate surface area is 301 Å². The zero-order valence-electron chi connectivity index (χ0n) is 31.8. The fraction of sp³-hybridized carbons (Fsp3) is 0.641. The van der Waals surface area contributed by atoms with Gasteiger partial charge in [0.05, 0.1) is 26.4 Å². The third-order valence-electron chi connectivity index (χ3n) is 8.94. The van der Waals surface area contributed by atoms with Crippen molar-refractivity contribution in [1.29, 1.82) is 0 Å². The first-order valence-corrected chi connectivity index (χ1v) is 20.1. The van der Waals surface area contributed by atoms with Crippen molar-refractivity contribution in [3.8, 4) is 0 Å². The normalized spacial score (nSPS) is 21.4. The highest BCUT2D eigenvalue weighted by molar-refractivity contribution is 6.77. The van der Waals surface area contributed by atoms with E-state index >= 15 is 0 Å². The van der Waals surface area contributed by atoms with Crippen LogP contribution in [0.2, 0.25) is 16.6 Å². The summed E-state index contributed by atoms with van der Waals surface area (Å²) in [6.45, 7) is 21.7. The molecule has 0 unspecified atom stereocenters. The molecule has 50 heavy (non-hydrogen) atoms. The zero-order chi connectivity index (χ0) is 36.9. The standard InChI is InChI=1S/C39H61NO9Si/c1-27(2)50(28(3)4,29(5)6)46-26-33-34(44-24-31-18-13-11-14-19-31)35(45-25-32-20-15-12-16-21-32)36(47-30(7)41)37(48-33)43-23-17-22-40-38(42)49-39(8,9)10/h11-16,18-21,27-29,33-37H,17,22-26H2,1-10H3,(H,40,42)/t33-,34-,35+,36+,37+/m1/s1. The molecule has 3 rings (SSSR count). The van der Waals surface area contributed by atoms with E-state index in [9.17, 15) is 9.59 Å². The topological polar surface area (TPSA) is 111 Å². The summed E-state index contributed by atoms with van der Waals surface area (Å²) >= 11 is 0. The Balaban J connectivity index is 1.94. The number of carbonyl (C=O) groups excluding carboxylic acids is 2. The lowest BCUT2D eigenvalue weighted by molar-refractivity contribution is -0.318. The van der Waals surface area contributed by atoms with Gasteiger partial charge in [0.1, 0.15) is 23.9 Å². The van der Waals surface area contributed by atoms with E-state index in [0.29, 0.717) is 36.2 Å². The summed E-state index contributed by atoms with van der Waals surface area (Å²) in [4.78, 5) is 24.8. The number of hydrogen-bond donors (Lipinski definition) is 1. The molecular weight excluding hydrogens is 655 g/mol. The van der Waals surface area contributed by atoms with E-state index in [1.165, 1.54) is 6.92 Å². The van der Waals surface area contributed by atoms with Crippen LogP contribution in [0.4, 0.5) is 4.79 Å². The molecule has 1 aliphatic rings. The number of nitrogens with one attached hydrogen (secondary N) is 1. The summed E-state index contributed by atoms with van der Waals surface area (Å²) in [6, 6.07) is 19.7. The zero-order valence-corrected chi connectivity index (χ0v) is 32.8. The largest absolute Gasteiger partial charge is 0.454 e. The van der Waals surface area contributed by atoms with Crippen molar-refractivity contribution in [2.75, 3.05) is 19.8 Å². The lowest BCUT2D eigenvalue weighted by atomic mass is 9.98. The van der Waals surface area contributed by atoms with Crippen molar-refractivity contribution in [2.24, 2.45) is 0 Å². The number of rotatable bonds is 18. The summed E-state index contributed by atoms with van der Waals surface area (Å²) in [5, 5.41) is 2.76. The number of benzene rings is 2. The monoisotopic (exact) mass is 715 g/mol. The Kier molecular flexibility index (Phi) is 16.4. The van der Waals surface area contributed by atoms with Crippen LogP contribution in [0.1, 0.15) is 86.8 Å². The number of hydrogen-bond acceptors (Lipinski definition) is 9. The molecule has 280 valence electrons. The molecule has 0 saturated carbocycles. The third-order valence-corrected chi connectivity index (χ3v) is 15.0. The molecule has 0 bridgehead atoms. The predicted octanol–water partition coefficient (Wildman–Crippen LogP) is 7.94. The molecule has 1 amide bonds. The summed E-state index contributed by atoms with van der Waals surface area (Å²) < 4.78 is 44.7. The maximum atomic E-state index is 12.6. The molecule has 0 spiro atoms. The second-order valence-electron chi connectivity index (χ2n) is 14.9. The number of esters is 1. The highest BCUT2D eigenvalue weighted by Gasteiger charge is 2.52. The summed E-state index contributed by atoms with van der Waals surface area (Å²) in [6.07, 6.45) is -3.94. The quantitative estimate of drug-likeness (QED) is 0.0935. The summed E-state index contributed by atoms with van der Waals surface area (Å²) in [5.74, 6) is -0.491. The third kappa shape index (κ3) is 12.5. The van der Waals surface area contributed by atoms with Crippen molar-refractivity contribution in [3.05, 3.63) is 71.8 Å². The maximum absolute atomic E-state index is 12.6. The molecule has 2 aromatic rings. The van der Waals surface area contributed by atoms with E-state index < -0.39 is 56.7 Å². The molecule has 11 heteroatoms. The number of amides is 1. The van der Waals surface area contributed by atoms with E-state index in [0.717, 1.165) is 11.1 Å². The van der Waals surface area contributed by atoms with Crippen molar-refractivity contribution < 1.29 is 42.4 Å². The van der Waals surface area contributed by atoms with Gasteiger partial charge in [-0.05, 0) is 54.9 Å². The highest BCUT2D eigenvalue weighted by Crippen LogP contribution is 2.43. The first kappa shape index (κ1) is 41.6. The minimum atomic E-state index is -2.31. The minimum absolute atomic E-state index is 0.218. The van der Waals surface area contributed by atoms with Gasteiger partial charge in [-0.3, -0.25) is 4.79 Å². The van der Waals surface area contributed by atoms with E-state index in [1.807, 2.05) is 81.4 Å². The van der Waals surface area contributed by atoms with Gasteiger partial charge >= 0.3 is 12.1 Å².